The average molecular weight is 413 g/mol. The van der Waals surface area contributed by atoms with E-state index in [1.807, 2.05) is 0 Å². The Kier molecular flexibility index (Phi) is 6.58. The fourth-order valence-electron chi connectivity index (χ4n) is 2.72. The van der Waals surface area contributed by atoms with Crippen LogP contribution in [-0.2, 0) is 11.3 Å². The number of ether oxygens (including phenoxy) is 3. The average Bonchev–Trinajstić information content (AvgIpc) is 3.24. The maximum absolute atomic E-state index is 13.4. The molecule has 0 aliphatic rings. The number of nitrogens with zero attached hydrogens (tertiary/aromatic N) is 4. The Bertz CT molecular complexity index is 1040. The summed E-state index contributed by atoms with van der Waals surface area (Å²) in [7, 11) is 4.54. The summed E-state index contributed by atoms with van der Waals surface area (Å²) in [5, 5.41) is 14.0. The molecule has 3 aromatic rings. The summed E-state index contributed by atoms with van der Waals surface area (Å²) < 4.78 is 30.7. The highest BCUT2D eigenvalue weighted by atomic mass is 19.1. The quantitative estimate of drug-likeness (QED) is 0.565. The predicted molar refractivity (Wildman–Crippen MR) is 106 cm³/mol. The van der Waals surface area contributed by atoms with E-state index in [0.29, 0.717) is 34.3 Å². The van der Waals surface area contributed by atoms with Crippen molar-refractivity contribution in [1.82, 2.24) is 25.5 Å². The van der Waals surface area contributed by atoms with Crippen molar-refractivity contribution in [1.29, 1.82) is 0 Å². The standard InChI is InChI=1S/C20H20FN5O4/c1-28-16-9-13(10-17(29-2)20(16)30-3)7-8-19(27)22-12-18-23-24-25-26(18)15-6-4-5-14(21)11-15/h4-11H,12H2,1-3H3,(H,22,27)/b8-7+. The van der Waals surface area contributed by atoms with Crippen LogP contribution >= 0.6 is 0 Å². The first-order valence-corrected chi connectivity index (χ1v) is 8.84. The van der Waals surface area contributed by atoms with Gasteiger partial charge in [-0.25, -0.2) is 4.39 Å². The number of amides is 1. The van der Waals surface area contributed by atoms with Gasteiger partial charge < -0.3 is 19.5 Å². The molecule has 0 spiro atoms. The molecule has 30 heavy (non-hydrogen) atoms. The summed E-state index contributed by atoms with van der Waals surface area (Å²) in [6.07, 6.45) is 2.96. The number of tetrazole rings is 1. The second kappa shape index (κ2) is 9.50. The molecule has 1 amide bonds. The van der Waals surface area contributed by atoms with Crippen LogP contribution in [0.2, 0.25) is 0 Å². The van der Waals surface area contributed by atoms with E-state index in [1.54, 1.807) is 30.3 Å². The summed E-state index contributed by atoms with van der Waals surface area (Å²) in [5.74, 6) is 1.00. The van der Waals surface area contributed by atoms with E-state index in [9.17, 15) is 9.18 Å². The molecule has 0 bridgehead atoms. The summed E-state index contributed by atoms with van der Waals surface area (Å²) >= 11 is 0. The zero-order valence-corrected chi connectivity index (χ0v) is 16.6. The second-order valence-corrected chi connectivity index (χ2v) is 6.00. The molecule has 9 nitrogen and oxygen atoms in total. The molecule has 0 radical (unpaired) electrons. The Morgan fingerprint density at radius 3 is 2.50 bits per heavy atom. The molecule has 1 heterocycles. The van der Waals surface area contributed by atoms with Gasteiger partial charge in [-0.05, 0) is 52.4 Å². The first kappa shape index (κ1) is 20.8. The van der Waals surface area contributed by atoms with Crippen LogP contribution in [0.5, 0.6) is 17.2 Å². The van der Waals surface area contributed by atoms with Gasteiger partial charge in [-0.15, -0.1) is 5.10 Å². The van der Waals surface area contributed by atoms with Crippen LogP contribution in [0, 0.1) is 5.82 Å². The first-order valence-electron chi connectivity index (χ1n) is 8.84. The van der Waals surface area contributed by atoms with Gasteiger partial charge in [0.05, 0.1) is 33.6 Å². The highest BCUT2D eigenvalue weighted by molar-refractivity contribution is 5.91. The number of hydrogen-bond acceptors (Lipinski definition) is 7. The van der Waals surface area contributed by atoms with Gasteiger partial charge in [0.2, 0.25) is 11.7 Å². The summed E-state index contributed by atoms with van der Waals surface area (Å²) in [6, 6.07) is 9.27. The largest absolute Gasteiger partial charge is 0.493 e. The van der Waals surface area contributed by atoms with Crippen molar-refractivity contribution in [2.75, 3.05) is 21.3 Å². The van der Waals surface area contributed by atoms with Crippen LogP contribution in [0.15, 0.2) is 42.5 Å². The summed E-state index contributed by atoms with van der Waals surface area (Å²) in [5.41, 5.74) is 1.14. The van der Waals surface area contributed by atoms with Gasteiger partial charge in [0.1, 0.15) is 5.82 Å². The number of benzene rings is 2. The fraction of sp³-hybridized carbons (Fsp3) is 0.200. The number of hydrogen-bond donors (Lipinski definition) is 1. The van der Waals surface area contributed by atoms with Crippen LogP contribution in [-0.4, -0.2) is 47.4 Å². The lowest BCUT2D eigenvalue weighted by molar-refractivity contribution is -0.116. The second-order valence-electron chi connectivity index (χ2n) is 6.00. The van der Waals surface area contributed by atoms with Crippen LogP contribution in [0.3, 0.4) is 0 Å². The molecule has 0 aliphatic heterocycles. The van der Waals surface area contributed by atoms with Crippen molar-refractivity contribution in [3.8, 4) is 22.9 Å². The van der Waals surface area contributed by atoms with Crippen molar-refractivity contribution in [3.05, 3.63) is 59.7 Å². The van der Waals surface area contributed by atoms with E-state index in [2.05, 4.69) is 20.8 Å². The number of carbonyl (C=O) groups is 1. The number of halogens is 1. The van der Waals surface area contributed by atoms with Crippen molar-refractivity contribution in [2.45, 2.75) is 6.54 Å². The summed E-state index contributed by atoms with van der Waals surface area (Å²) in [4.78, 5) is 12.2. The Labute approximate surface area is 172 Å². The number of aromatic nitrogens is 4. The Hall–Kier alpha value is -3.95. The molecular formula is C20H20FN5O4. The molecule has 0 saturated carbocycles. The number of nitrogens with one attached hydrogen (secondary N) is 1. The van der Waals surface area contributed by atoms with Crippen molar-refractivity contribution in [2.24, 2.45) is 0 Å². The zero-order valence-electron chi connectivity index (χ0n) is 16.6. The van der Waals surface area contributed by atoms with Crippen molar-refractivity contribution >= 4 is 12.0 Å². The van der Waals surface area contributed by atoms with Crippen LogP contribution in [0.1, 0.15) is 11.4 Å². The minimum atomic E-state index is -0.411. The molecule has 0 atom stereocenters. The van der Waals surface area contributed by atoms with E-state index in [0.717, 1.165) is 0 Å². The normalized spacial score (nSPS) is 10.8. The molecule has 0 unspecified atom stereocenters. The fourth-order valence-corrected chi connectivity index (χ4v) is 2.72. The van der Waals surface area contributed by atoms with Crippen LogP contribution < -0.4 is 19.5 Å². The third-order valence-electron chi connectivity index (χ3n) is 4.12. The van der Waals surface area contributed by atoms with Gasteiger partial charge in [0.15, 0.2) is 17.3 Å². The lowest BCUT2D eigenvalue weighted by Gasteiger charge is -2.12. The van der Waals surface area contributed by atoms with Gasteiger partial charge in [-0.1, -0.05) is 6.07 Å². The highest BCUT2D eigenvalue weighted by Gasteiger charge is 2.13. The van der Waals surface area contributed by atoms with Gasteiger partial charge in [-0.2, -0.15) is 4.68 Å². The van der Waals surface area contributed by atoms with E-state index in [1.165, 1.54) is 44.2 Å². The third-order valence-corrected chi connectivity index (χ3v) is 4.12. The molecule has 3 rings (SSSR count). The molecule has 0 aliphatic carbocycles. The minimum Gasteiger partial charge on any atom is -0.493 e. The lowest BCUT2D eigenvalue weighted by Crippen LogP contribution is -2.22. The van der Waals surface area contributed by atoms with Crippen LogP contribution in [0.4, 0.5) is 4.39 Å². The van der Waals surface area contributed by atoms with E-state index in [4.69, 9.17) is 14.2 Å². The number of methoxy groups -OCH3 is 3. The topological polar surface area (TPSA) is 100 Å². The first-order chi connectivity index (χ1) is 14.5. The Balaban J connectivity index is 1.69. The van der Waals surface area contributed by atoms with Crippen molar-refractivity contribution < 1.29 is 23.4 Å². The molecule has 0 fully saturated rings. The van der Waals surface area contributed by atoms with E-state index >= 15 is 0 Å². The monoisotopic (exact) mass is 413 g/mol. The molecule has 156 valence electrons. The van der Waals surface area contributed by atoms with E-state index < -0.39 is 5.82 Å². The maximum atomic E-state index is 13.4. The molecule has 0 saturated heterocycles. The van der Waals surface area contributed by atoms with Gasteiger partial charge in [0.25, 0.3) is 0 Å². The highest BCUT2D eigenvalue weighted by Crippen LogP contribution is 2.38. The third kappa shape index (κ3) is 4.72. The van der Waals surface area contributed by atoms with Gasteiger partial charge >= 0.3 is 0 Å². The van der Waals surface area contributed by atoms with Gasteiger partial charge in [0, 0.05) is 6.08 Å². The number of carbonyl (C=O) groups excluding carboxylic acids is 1. The maximum Gasteiger partial charge on any atom is 0.244 e. The molecule has 1 N–H and O–H groups in total. The zero-order chi connectivity index (χ0) is 21.5. The molecular weight excluding hydrogens is 393 g/mol. The molecule has 1 aromatic heterocycles. The summed E-state index contributed by atoms with van der Waals surface area (Å²) in [6.45, 7) is 0.0575. The Morgan fingerprint density at radius 1 is 1.13 bits per heavy atom. The minimum absolute atomic E-state index is 0.0575. The Morgan fingerprint density at radius 2 is 1.87 bits per heavy atom. The predicted octanol–water partition coefficient (Wildman–Crippen LogP) is 2.16. The van der Waals surface area contributed by atoms with Crippen LogP contribution in [0.25, 0.3) is 11.8 Å². The molecule has 2 aromatic carbocycles. The van der Waals surface area contributed by atoms with Gasteiger partial charge in [-0.3, -0.25) is 4.79 Å². The molecule has 10 heteroatoms. The van der Waals surface area contributed by atoms with Crippen molar-refractivity contribution in [3.63, 3.8) is 0 Å². The number of rotatable bonds is 8. The lowest BCUT2D eigenvalue weighted by atomic mass is 10.1. The van der Waals surface area contributed by atoms with E-state index in [-0.39, 0.29) is 12.5 Å². The SMILES string of the molecule is COc1cc(/C=C/C(=O)NCc2nnnn2-c2cccc(F)c2)cc(OC)c1OC. The smallest absolute Gasteiger partial charge is 0.244 e.